The zero-order valence-corrected chi connectivity index (χ0v) is 22.4. The van der Waals surface area contributed by atoms with Gasteiger partial charge in [-0.3, -0.25) is 19.5 Å². The molecule has 1 unspecified atom stereocenters. The van der Waals surface area contributed by atoms with Gasteiger partial charge in [0.25, 0.3) is 10.9 Å². The normalized spacial score (nSPS) is 23.8. The smallest absolute Gasteiger partial charge is 0.253 e. The molecular weight excluding hydrogens is 488 g/mol. The van der Waals surface area contributed by atoms with Crippen molar-refractivity contribution in [1.29, 1.82) is 0 Å². The predicted molar refractivity (Wildman–Crippen MR) is 156 cm³/mol. The Balaban J connectivity index is 1.40. The lowest BCUT2D eigenvalue weighted by Crippen LogP contribution is -2.56. The van der Waals surface area contributed by atoms with Crippen molar-refractivity contribution in [3.8, 4) is 5.75 Å². The van der Waals surface area contributed by atoms with E-state index in [4.69, 9.17) is 4.74 Å². The maximum absolute atomic E-state index is 13.0. The van der Waals surface area contributed by atoms with E-state index >= 15 is 0 Å². The minimum Gasteiger partial charge on any atom is -0.497 e. The summed E-state index contributed by atoms with van der Waals surface area (Å²) in [7, 11) is 1.66. The molecule has 7 nitrogen and oxygen atoms in total. The first kappa shape index (κ1) is 25.3. The van der Waals surface area contributed by atoms with Gasteiger partial charge < -0.3 is 15.4 Å². The molecule has 4 aromatic rings. The summed E-state index contributed by atoms with van der Waals surface area (Å²) in [6.45, 7) is 8.03. The molecule has 0 saturated carbocycles. The first-order valence-electron chi connectivity index (χ1n) is 13.7. The fraction of sp³-hybridized carbons (Fsp3) is 0.344. The molecule has 0 amide bonds. The molecule has 7 rings (SSSR count). The van der Waals surface area contributed by atoms with Crippen LogP contribution in [0.5, 0.6) is 5.75 Å². The molecule has 0 aliphatic carbocycles. The van der Waals surface area contributed by atoms with E-state index in [0.29, 0.717) is 23.2 Å². The number of anilines is 2. The summed E-state index contributed by atoms with van der Waals surface area (Å²) < 4.78 is 5.54. The number of nitrogens with zero attached hydrogens (tertiary/aromatic N) is 2. The van der Waals surface area contributed by atoms with Gasteiger partial charge in [0.1, 0.15) is 17.1 Å². The summed E-state index contributed by atoms with van der Waals surface area (Å²) in [6.07, 6.45) is 6.04. The van der Waals surface area contributed by atoms with E-state index in [-0.39, 0.29) is 18.1 Å². The third-order valence-corrected chi connectivity index (χ3v) is 8.73. The van der Waals surface area contributed by atoms with Gasteiger partial charge in [0, 0.05) is 30.2 Å². The summed E-state index contributed by atoms with van der Waals surface area (Å²) >= 11 is 0. The average molecular weight is 523 g/mol. The second-order valence-electron chi connectivity index (χ2n) is 10.8. The largest absolute Gasteiger partial charge is 0.497 e. The summed E-state index contributed by atoms with van der Waals surface area (Å²) in [5, 5.41) is 7.88. The van der Waals surface area contributed by atoms with Crippen molar-refractivity contribution in [2.24, 2.45) is 11.8 Å². The van der Waals surface area contributed by atoms with Gasteiger partial charge in [-0.1, -0.05) is 36.4 Å². The molecule has 0 radical (unpaired) electrons. The molecule has 6 atom stereocenters. The molecule has 0 spiro atoms. The molecule has 3 aliphatic rings. The van der Waals surface area contributed by atoms with Crippen LogP contribution in [-0.2, 0) is 0 Å². The fourth-order valence-electron chi connectivity index (χ4n) is 6.51. The van der Waals surface area contributed by atoms with Gasteiger partial charge in [-0.2, -0.15) is 0 Å². The highest BCUT2D eigenvalue weighted by Crippen LogP contribution is 2.44. The number of aromatic nitrogens is 1. The second-order valence-corrected chi connectivity index (χ2v) is 10.8. The van der Waals surface area contributed by atoms with Crippen molar-refractivity contribution < 1.29 is 4.74 Å². The molecule has 3 aromatic carbocycles. The highest BCUT2D eigenvalue weighted by Gasteiger charge is 2.43. The maximum atomic E-state index is 13.0. The van der Waals surface area contributed by atoms with Gasteiger partial charge in [0.15, 0.2) is 0 Å². The van der Waals surface area contributed by atoms with Gasteiger partial charge in [0.05, 0.1) is 18.7 Å². The molecule has 7 heteroatoms. The van der Waals surface area contributed by atoms with Crippen molar-refractivity contribution in [3.05, 3.63) is 105 Å². The highest BCUT2D eigenvalue weighted by atomic mass is 16.5. The van der Waals surface area contributed by atoms with Crippen molar-refractivity contribution in [3.63, 3.8) is 0 Å². The van der Waals surface area contributed by atoms with E-state index in [1.54, 1.807) is 7.11 Å². The van der Waals surface area contributed by atoms with Crippen LogP contribution in [0, 0.1) is 11.8 Å². The summed E-state index contributed by atoms with van der Waals surface area (Å²) in [5.41, 5.74) is 2.73. The zero-order chi connectivity index (χ0) is 27.1. The van der Waals surface area contributed by atoms with E-state index < -0.39 is 10.9 Å². The van der Waals surface area contributed by atoms with Crippen molar-refractivity contribution >= 4 is 22.3 Å². The van der Waals surface area contributed by atoms with E-state index in [1.807, 2.05) is 67.7 Å². The molecule has 3 saturated heterocycles. The topological polar surface area (TPSA) is 83.6 Å². The van der Waals surface area contributed by atoms with E-state index in [9.17, 15) is 9.59 Å². The first-order chi connectivity index (χ1) is 19.0. The number of pyridine rings is 1. The molecule has 4 heterocycles. The Morgan fingerprint density at radius 2 is 1.85 bits per heavy atom. The van der Waals surface area contributed by atoms with Crippen LogP contribution in [0.1, 0.15) is 43.0 Å². The Bertz CT molecular complexity index is 1580. The van der Waals surface area contributed by atoms with Crippen LogP contribution in [0.4, 0.5) is 11.4 Å². The summed E-state index contributed by atoms with van der Waals surface area (Å²) in [4.78, 5) is 32.9. The number of benzene rings is 2. The predicted octanol–water partition coefficient (Wildman–Crippen LogP) is 5.06. The maximum Gasteiger partial charge on any atom is 0.253 e. The van der Waals surface area contributed by atoms with Crippen molar-refractivity contribution in [2.45, 2.75) is 37.9 Å². The Morgan fingerprint density at radius 3 is 2.54 bits per heavy atom. The number of ether oxygens (including phenoxy) is 1. The molecule has 200 valence electrons. The zero-order valence-electron chi connectivity index (χ0n) is 22.4. The quantitative estimate of drug-likeness (QED) is 0.235. The summed E-state index contributed by atoms with van der Waals surface area (Å²) in [5.74, 6) is 1.77. The van der Waals surface area contributed by atoms with Gasteiger partial charge in [-0.05, 0) is 73.5 Å². The molecule has 2 bridgehead atoms. The van der Waals surface area contributed by atoms with Crippen LogP contribution in [0.25, 0.3) is 10.9 Å². The molecule has 3 aliphatic heterocycles. The first-order valence-corrected chi connectivity index (χ1v) is 13.7. The second kappa shape index (κ2) is 10.3. The highest BCUT2D eigenvalue weighted by molar-refractivity contribution is 5.85. The van der Waals surface area contributed by atoms with E-state index in [1.165, 1.54) is 0 Å². The van der Waals surface area contributed by atoms with E-state index in [2.05, 4.69) is 33.2 Å². The number of methoxy groups -OCH3 is 1. The Labute approximate surface area is 228 Å². The minimum absolute atomic E-state index is 0.123. The molecule has 2 N–H and O–H groups in total. The number of hydrogen-bond donors (Lipinski definition) is 2. The van der Waals surface area contributed by atoms with Crippen molar-refractivity contribution in [1.82, 2.24) is 9.88 Å². The lowest BCUT2D eigenvalue weighted by Gasteiger charge is -2.52. The lowest BCUT2D eigenvalue weighted by atomic mass is 9.73. The Hall–Kier alpha value is -3.97. The average Bonchev–Trinajstić information content (AvgIpc) is 3.00. The Morgan fingerprint density at radius 1 is 1.08 bits per heavy atom. The molecule has 3 fully saturated rings. The van der Waals surface area contributed by atoms with E-state index in [0.717, 1.165) is 53.7 Å². The van der Waals surface area contributed by atoms with Gasteiger partial charge in [-0.15, -0.1) is 6.58 Å². The number of rotatable bonds is 9. The fourth-order valence-corrected chi connectivity index (χ4v) is 6.51. The lowest BCUT2D eigenvalue weighted by molar-refractivity contribution is 0.0105. The van der Waals surface area contributed by atoms with Crippen molar-refractivity contribution in [2.75, 3.05) is 30.8 Å². The molecule has 39 heavy (non-hydrogen) atoms. The number of fused-ring (bicyclic) bond motifs is 4. The molecule has 1 aromatic heterocycles. The third-order valence-electron chi connectivity index (χ3n) is 8.73. The van der Waals surface area contributed by atoms with Crippen LogP contribution in [0.15, 0.2) is 83.0 Å². The van der Waals surface area contributed by atoms with Gasteiger partial charge >= 0.3 is 0 Å². The Kier molecular flexibility index (Phi) is 6.69. The third kappa shape index (κ3) is 4.51. The number of nitrogens with one attached hydrogen (secondary N) is 2. The van der Waals surface area contributed by atoms with Crippen LogP contribution in [0.2, 0.25) is 0 Å². The van der Waals surface area contributed by atoms with Crippen LogP contribution < -0.4 is 26.2 Å². The van der Waals surface area contributed by atoms with Gasteiger partial charge in [0.2, 0.25) is 0 Å². The van der Waals surface area contributed by atoms with Crippen LogP contribution >= 0.6 is 0 Å². The minimum atomic E-state index is -0.475. The summed E-state index contributed by atoms with van der Waals surface area (Å²) in [6, 6.07) is 17.6. The standard InChI is InChI=1S/C32H34N4O3/c1-4-20-18-36-15-13-22(20)16-27(36)28(24-12-14-33-26-11-10-23(39-3)17-25(24)26)35-30-29(31(37)32(30)38)34-19(2)21-8-6-5-7-9-21/h4-12,14,17,19-20,22,27-28,34-35H,1,13,15-16,18H2,2-3H3/t19-,20+,22+,27+,28+/m1/s1. The molecular formula is C32H34N4O3. The SMILES string of the molecule is C=C[C@H]1CN2CC[C@H]1C[C@H]2[C@@H](Nc1c(N[C@H](C)c2ccccc2)c(=O)c1=O)c1ccnc2ccc(OC)cc12. The van der Waals surface area contributed by atoms with Gasteiger partial charge in [-0.25, -0.2) is 0 Å². The van der Waals surface area contributed by atoms with Crippen LogP contribution in [0.3, 0.4) is 0 Å². The number of hydrogen-bond acceptors (Lipinski definition) is 7. The van der Waals surface area contributed by atoms with Crippen LogP contribution in [-0.4, -0.2) is 36.1 Å². The number of piperidine rings is 3. The monoisotopic (exact) mass is 522 g/mol.